The molecule has 194 valence electrons. The number of rotatable bonds is 3. The number of imidazole rings is 1. The third kappa shape index (κ3) is 4.58. The summed E-state index contributed by atoms with van der Waals surface area (Å²) in [5.41, 5.74) is 1.66. The molecule has 4 aromatic rings. The second kappa shape index (κ2) is 8.79. The van der Waals surface area contributed by atoms with E-state index in [4.69, 9.17) is 9.26 Å². The lowest BCUT2D eigenvalue weighted by atomic mass is 9.80. The fourth-order valence-corrected chi connectivity index (χ4v) is 4.66. The van der Waals surface area contributed by atoms with Gasteiger partial charge in [0.25, 0.3) is 0 Å². The quantitative estimate of drug-likeness (QED) is 0.416. The molecular formula is C25H24F3N5O4. The fourth-order valence-electron chi connectivity index (χ4n) is 4.66. The molecule has 0 saturated carbocycles. The highest BCUT2D eigenvalue weighted by molar-refractivity contribution is 5.69. The molecule has 37 heavy (non-hydrogen) atoms. The number of amides is 1. The first kappa shape index (κ1) is 24.6. The van der Waals surface area contributed by atoms with Gasteiger partial charge in [0, 0.05) is 55.4 Å². The summed E-state index contributed by atoms with van der Waals surface area (Å²) in [4.78, 5) is 29.0. The summed E-state index contributed by atoms with van der Waals surface area (Å²) in [5.74, 6) is -4.42. The van der Waals surface area contributed by atoms with Crippen LogP contribution in [-0.4, -0.2) is 36.8 Å². The number of nitrogens with one attached hydrogen (secondary N) is 1. The molecule has 0 bridgehead atoms. The van der Waals surface area contributed by atoms with Crippen molar-refractivity contribution in [3.8, 4) is 11.4 Å². The Kier molecular flexibility index (Phi) is 5.84. The molecule has 5 rings (SSSR count). The molecule has 1 N–H and O–H groups in total. The molecular weight excluding hydrogens is 491 g/mol. The third-order valence-corrected chi connectivity index (χ3v) is 6.32. The Hall–Kier alpha value is -4.09. The number of alkyl carbamates (subject to hydrolysis) is 1. The fraction of sp³-hybridized carbons (Fsp3) is 0.360. The molecule has 12 heteroatoms. The van der Waals surface area contributed by atoms with E-state index >= 15 is 0 Å². The van der Waals surface area contributed by atoms with Gasteiger partial charge in [-0.15, -0.1) is 0 Å². The second-order valence-corrected chi connectivity index (χ2v) is 10.0. The number of hydrogen-bond donors (Lipinski definition) is 1. The predicted octanol–water partition coefficient (Wildman–Crippen LogP) is 3.88. The monoisotopic (exact) mass is 515 g/mol. The van der Waals surface area contributed by atoms with Crippen LogP contribution in [-0.2, 0) is 24.6 Å². The predicted molar refractivity (Wildman–Crippen MR) is 126 cm³/mol. The molecule has 1 aliphatic carbocycles. The van der Waals surface area contributed by atoms with Crippen molar-refractivity contribution in [1.82, 2.24) is 24.4 Å². The number of hydrogen-bond acceptors (Lipinski definition) is 6. The smallest absolute Gasteiger partial charge is 0.441 e. The van der Waals surface area contributed by atoms with Crippen LogP contribution >= 0.6 is 0 Å². The first-order chi connectivity index (χ1) is 17.4. The summed E-state index contributed by atoms with van der Waals surface area (Å²) >= 11 is 0. The zero-order valence-corrected chi connectivity index (χ0v) is 20.5. The Morgan fingerprint density at radius 1 is 1.14 bits per heavy atom. The van der Waals surface area contributed by atoms with Gasteiger partial charge >= 0.3 is 11.8 Å². The van der Waals surface area contributed by atoms with Crippen LogP contribution in [0.3, 0.4) is 0 Å². The van der Waals surface area contributed by atoms with Gasteiger partial charge in [-0.3, -0.25) is 9.09 Å². The van der Waals surface area contributed by atoms with Gasteiger partial charge in [-0.25, -0.2) is 27.7 Å². The highest BCUT2D eigenvalue weighted by Crippen LogP contribution is 2.36. The van der Waals surface area contributed by atoms with Crippen LogP contribution in [0.15, 0.2) is 39.8 Å². The molecule has 2 atom stereocenters. The Morgan fingerprint density at radius 2 is 1.86 bits per heavy atom. The van der Waals surface area contributed by atoms with E-state index < -0.39 is 46.9 Å². The zero-order valence-electron chi connectivity index (χ0n) is 20.5. The Bertz CT molecular complexity index is 1580. The van der Waals surface area contributed by atoms with Crippen LogP contribution in [0, 0.1) is 17.5 Å². The van der Waals surface area contributed by atoms with Gasteiger partial charge in [0.05, 0.1) is 5.69 Å². The summed E-state index contributed by atoms with van der Waals surface area (Å²) in [6.07, 6.45) is 1.41. The second-order valence-electron chi connectivity index (χ2n) is 10.0. The van der Waals surface area contributed by atoms with Crippen molar-refractivity contribution in [2.75, 3.05) is 0 Å². The van der Waals surface area contributed by atoms with Crippen LogP contribution in [0.25, 0.3) is 17.0 Å². The standard InChI is InChI=1S/C25H24F3N5O4/c1-25(2,3)36-23(34)30-18-11-20-19(9-14(18)13-8-16(27)17(28)10-15(13)26)29-21-7-12(5-6-33(20)21)22-31-37-24(35)32(22)4/h5-8,10,14,18H,9,11H2,1-4H3,(H,30,34)/t14-,18+/m1/s1. The number of halogens is 3. The summed E-state index contributed by atoms with van der Waals surface area (Å²) < 4.78 is 55.8. The molecule has 1 aromatic carbocycles. The number of nitrogens with zero attached hydrogens (tertiary/aromatic N) is 4. The van der Waals surface area contributed by atoms with Crippen molar-refractivity contribution in [3.63, 3.8) is 0 Å². The van der Waals surface area contributed by atoms with E-state index in [1.54, 1.807) is 39.1 Å². The van der Waals surface area contributed by atoms with Crippen molar-refractivity contribution in [3.05, 3.63) is 75.4 Å². The normalized spacial score (nSPS) is 17.6. The van der Waals surface area contributed by atoms with Gasteiger partial charge in [-0.05, 0) is 44.5 Å². The largest absolute Gasteiger partial charge is 0.444 e. The molecule has 1 amide bonds. The molecule has 0 unspecified atom stereocenters. The van der Waals surface area contributed by atoms with Crippen molar-refractivity contribution < 1.29 is 27.2 Å². The molecule has 0 radical (unpaired) electrons. The van der Waals surface area contributed by atoms with Gasteiger partial charge in [0.2, 0.25) is 0 Å². The molecule has 0 fully saturated rings. The Labute approximate surface area is 208 Å². The Morgan fingerprint density at radius 3 is 2.54 bits per heavy atom. The highest BCUT2D eigenvalue weighted by Gasteiger charge is 2.36. The van der Waals surface area contributed by atoms with Crippen molar-refractivity contribution in [1.29, 1.82) is 0 Å². The third-order valence-electron chi connectivity index (χ3n) is 6.32. The van der Waals surface area contributed by atoms with E-state index in [9.17, 15) is 22.8 Å². The van der Waals surface area contributed by atoms with Crippen LogP contribution in [0.4, 0.5) is 18.0 Å². The van der Waals surface area contributed by atoms with Gasteiger partial charge < -0.3 is 14.5 Å². The minimum absolute atomic E-state index is 0.0686. The molecule has 1 aliphatic rings. The number of fused-ring (bicyclic) bond motifs is 3. The Balaban J connectivity index is 1.57. The SMILES string of the molecule is Cn1c(-c2ccn3c4c(nc3c2)C[C@H](c2cc(F)c(F)cc2F)[C@@H](NC(=O)OC(C)(C)C)C4)noc1=O. The van der Waals surface area contributed by atoms with Gasteiger partial charge in [0.15, 0.2) is 17.5 Å². The molecule has 9 nitrogen and oxygen atoms in total. The average molecular weight is 515 g/mol. The lowest BCUT2D eigenvalue weighted by molar-refractivity contribution is 0.0493. The zero-order chi connectivity index (χ0) is 26.6. The number of benzene rings is 1. The van der Waals surface area contributed by atoms with E-state index in [0.717, 1.165) is 11.8 Å². The van der Waals surface area contributed by atoms with Gasteiger partial charge in [0.1, 0.15) is 17.1 Å². The van der Waals surface area contributed by atoms with Crippen molar-refractivity contribution >= 4 is 11.7 Å². The number of ether oxygens (including phenoxy) is 1. The van der Waals surface area contributed by atoms with E-state index in [2.05, 4.69) is 15.5 Å². The maximum atomic E-state index is 14.8. The van der Waals surface area contributed by atoms with Crippen LogP contribution in [0.1, 0.15) is 43.6 Å². The van der Waals surface area contributed by atoms with E-state index in [-0.39, 0.29) is 18.4 Å². The molecule has 0 spiro atoms. The van der Waals surface area contributed by atoms with E-state index in [1.165, 1.54) is 11.6 Å². The minimum Gasteiger partial charge on any atom is -0.444 e. The average Bonchev–Trinajstić information content (AvgIpc) is 3.33. The lowest BCUT2D eigenvalue weighted by Gasteiger charge is -2.33. The number of carbonyl (C=O) groups is 1. The van der Waals surface area contributed by atoms with Crippen LogP contribution < -0.4 is 11.1 Å². The van der Waals surface area contributed by atoms with E-state index in [0.29, 0.717) is 28.8 Å². The summed E-state index contributed by atoms with van der Waals surface area (Å²) in [6.45, 7) is 5.14. The number of aromatic nitrogens is 4. The maximum absolute atomic E-state index is 14.8. The lowest BCUT2D eigenvalue weighted by Crippen LogP contribution is -2.46. The summed E-state index contributed by atoms with van der Waals surface area (Å²) in [7, 11) is 1.53. The molecule has 0 aliphatic heterocycles. The van der Waals surface area contributed by atoms with Gasteiger partial charge in [-0.2, -0.15) is 0 Å². The van der Waals surface area contributed by atoms with Crippen molar-refractivity contribution in [2.45, 2.75) is 51.2 Å². The molecule has 0 saturated heterocycles. The topological polar surface area (TPSA) is 104 Å². The van der Waals surface area contributed by atoms with Crippen molar-refractivity contribution in [2.24, 2.45) is 7.05 Å². The summed E-state index contributed by atoms with van der Waals surface area (Å²) in [6, 6.07) is 4.09. The highest BCUT2D eigenvalue weighted by atomic mass is 19.2. The number of pyridine rings is 1. The first-order valence-electron chi connectivity index (χ1n) is 11.6. The van der Waals surface area contributed by atoms with E-state index in [1.807, 2.05) is 4.40 Å². The summed E-state index contributed by atoms with van der Waals surface area (Å²) in [5, 5.41) is 6.58. The maximum Gasteiger partial charge on any atom is 0.441 e. The minimum atomic E-state index is -1.29. The van der Waals surface area contributed by atoms with Crippen LogP contribution in [0.2, 0.25) is 0 Å². The first-order valence-corrected chi connectivity index (χ1v) is 11.6. The number of carbonyl (C=O) groups excluding carboxylic acids is 1. The molecule has 3 heterocycles. The molecule has 3 aromatic heterocycles. The van der Waals surface area contributed by atoms with Gasteiger partial charge in [-0.1, -0.05) is 5.16 Å². The van der Waals surface area contributed by atoms with Crippen LogP contribution in [0.5, 0.6) is 0 Å².